The Hall–Kier alpha value is -1.89. The van der Waals surface area contributed by atoms with Crippen molar-refractivity contribution in [3.05, 3.63) is 29.8 Å². The fourth-order valence-corrected chi connectivity index (χ4v) is 5.44. The molecule has 2 aliphatic carbocycles. The van der Waals surface area contributed by atoms with Gasteiger partial charge in [0.15, 0.2) is 5.96 Å². The molecule has 0 spiro atoms. The molecule has 0 aromatic heterocycles. The number of rotatable bonds is 8. The van der Waals surface area contributed by atoms with Crippen LogP contribution in [0.4, 0.5) is 5.69 Å². The summed E-state index contributed by atoms with van der Waals surface area (Å²) in [6, 6.07) is 8.25. The summed E-state index contributed by atoms with van der Waals surface area (Å²) in [7, 11) is -0.729. The maximum absolute atomic E-state index is 12.2. The Bertz CT molecular complexity index is 763. The van der Waals surface area contributed by atoms with E-state index in [1.807, 2.05) is 31.2 Å². The lowest BCUT2D eigenvalue weighted by atomic mass is 9.85. The average molecular weight is 433 g/mol. The summed E-state index contributed by atoms with van der Waals surface area (Å²) in [6.45, 7) is 5.39. The topological polar surface area (TPSA) is 82.6 Å². The van der Waals surface area contributed by atoms with Crippen LogP contribution in [0.2, 0.25) is 0 Å². The number of aliphatic imine (C=N–C) groups is 1. The second kappa shape index (κ2) is 11.5. The molecule has 1 amide bonds. The first kappa shape index (κ1) is 22.8. The number of anilines is 1. The van der Waals surface area contributed by atoms with Gasteiger partial charge >= 0.3 is 0 Å². The fraction of sp³-hybridized carbons (Fsp3) is 0.652. The lowest BCUT2D eigenvalue weighted by Crippen LogP contribution is -2.46. The van der Waals surface area contributed by atoms with E-state index < -0.39 is 10.8 Å². The molecule has 0 saturated heterocycles. The normalized spacial score (nSPS) is 23.3. The minimum absolute atomic E-state index is 0.133. The van der Waals surface area contributed by atoms with Crippen LogP contribution in [-0.2, 0) is 22.1 Å². The highest BCUT2D eigenvalue weighted by molar-refractivity contribution is 7.85. The number of hydrogen-bond donors (Lipinski definition) is 3. The number of guanidine groups is 1. The van der Waals surface area contributed by atoms with Gasteiger partial charge in [-0.15, -0.1) is 0 Å². The standard InChI is InChI=1S/C23H36N4O2S/c1-3-24-23(27-20-12-7-13-21(15-20)30(29)4-2)25-16-17-8-5-11-19(14-17)26-22(28)18-9-6-10-18/h5,8,11,14,18,20-21H,3-4,6-7,9-10,12-13,15-16H2,1-2H3,(H,26,28)(H2,24,25,27). The Kier molecular flexibility index (Phi) is 8.73. The lowest BCUT2D eigenvalue weighted by molar-refractivity contribution is -0.122. The van der Waals surface area contributed by atoms with Crippen LogP contribution in [-0.4, -0.2) is 39.7 Å². The Morgan fingerprint density at radius 1 is 1.17 bits per heavy atom. The predicted molar refractivity (Wildman–Crippen MR) is 125 cm³/mol. The molecule has 3 atom stereocenters. The van der Waals surface area contributed by atoms with E-state index in [2.05, 4.69) is 22.9 Å². The van der Waals surface area contributed by atoms with Crippen LogP contribution in [0.15, 0.2) is 29.3 Å². The average Bonchev–Trinajstić information content (AvgIpc) is 2.71. The molecule has 0 aliphatic heterocycles. The molecule has 3 unspecified atom stereocenters. The zero-order valence-electron chi connectivity index (χ0n) is 18.3. The zero-order chi connectivity index (χ0) is 21.3. The van der Waals surface area contributed by atoms with Crippen molar-refractivity contribution < 1.29 is 9.00 Å². The number of nitrogens with zero attached hydrogens (tertiary/aromatic N) is 1. The van der Waals surface area contributed by atoms with Crippen LogP contribution < -0.4 is 16.0 Å². The number of carbonyl (C=O) groups excluding carboxylic acids is 1. The third-order valence-electron chi connectivity index (χ3n) is 6.06. The van der Waals surface area contributed by atoms with Crippen LogP contribution in [0.5, 0.6) is 0 Å². The van der Waals surface area contributed by atoms with Gasteiger partial charge in [-0.25, -0.2) is 4.99 Å². The summed E-state index contributed by atoms with van der Waals surface area (Å²) in [6.07, 6.45) is 7.35. The molecule has 2 fully saturated rings. The van der Waals surface area contributed by atoms with Crippen molar-refractivity contribution in [3.63, 3.8) is 0 Å². The first-order valence-electron chi connectivity index (χ1n) is 11.4. The van der Waals surface area contributed by atoms with Crippen molar-refractivity contribution in [2.45, 2.75) is 76.6 Å². The van der Waals surface area contributed by atoms with E-state index in [1.165, 1.54) is 0 Å². The molecule has 6 nitrogen and oxygen atoms in total. The number of hydrogen-bond acceptors (Lipinski definition) is 3. The number of nitrogens with one attached hydrogen (secondary N) is 3. The largest absolute Gasteiger partial charge is 0.357 e. The summed E-state index contributed by atoms with van der Waals surface area (Å²) in [5.41, 5.74) is 1.90. The molecule has 2 aliphatic rings. The van der Waals surface area contributed by atoms with Gasteiger partial charge in [0.05, 0.1) is 6.54 Å². The smallest absolute Gasteiger partial charge is 0.227 e. The molecule has 0 heterocycles. The summed E-state index contributed by atoms with van der Waals surface area (Å²) in [5, 5.41) is 10.2. The molecular weight excluding hydrogens is 396 g/mol. The van der Waals surface area contributed by atoms with Crippen molar-refractivity contribution in [2.75, 3.05) is 17.6 Å². The molecular formula is C23H36N4O2S. The Morgan fingerprint density at radius 3 is 2.67 bits per heavy atom. The fourth-order valence-electron chi connectivity index (χ4n) is 4.10. The first-order chi connectivity index (χ1) is 14.6. The lowest BCUT2D eigenvalue weighted by Gasteiger charge is -2.30. The van der Waals surface area contributed by atoms with Crippen LogP contribution in [0.3, 0.4) is 0 Å². The Labute approximate surface area is 183 Å². The van der Waals surface area contributed by atoms with Crippen LogP contribution >= 0.6 is 0 Å². The van der Waals surface area contributed by atoms with Crippen molar-refractivity contribution in [1.29, 1.82) is 0 Å². The van der Waals surface area contributed by atoms with Gasteiger partial charge in [-0.3, -0.25) is 9.00 Å². The Morgan fingerprint density at radius 2 is 1.97 bits per heavy atom. The third kappa shape index (κ3) is 6.56. The second-order valence-electron chi connectivity index (χ2n) is 8.31. The maximum Gasteiger partial charge on any atom is 0.227 e. The van der Waals surface area contributed by atoms with Gasteiger partial charge in [-0.05, 0) is 56.7 Å². The van der Waals surface area contributed by atoms with E-state index in [0.29, 0.717) is 17.8 Å². The van der Waals surface area contributed by atoms with Gasteiger partial charge in [0, 0.05) is 46.0 Å². The van der Waals surface area contributed by atoms with Crippen LogP contribution in [0, 0.1) is 5.92 Å². The number of amides is 1. The number of carbonyl (C=O) groups is 1. The summed E-state index contributed by atoms with van der Waals surface area (Å²) in [5.74, 6) is 1.85. The predicted octanol–water partition coefficient (Wildman–Crippen LogP) is 3.56. The van der Waals surface area contributed by atoms with Gasteiger partial charge in [-0.1, -0.05) is 31.9 Å². The molecule has 0 radical (unpaired) electrons. The quantitative estimate of drug-likeness (QED) is 0.433. The summed E-state index contributed by atoms with van der Waals surface area (Å²) in [4.78, 5) is 17.0. The van der Waals surface area contributed by atoms with E-state index in [-0.39, 0.29) is 11.8 Å². The highest BCUT2D eigenvalue weighted by Gasteiger charge is 2.26. The molecule has 7 heteroatoms. The molecule has 3 N–H and O–H groups in total. The number of benzene rings is 1. The van der Waals surface area contributed by atoms with Gasteiger partial charge < -0.3 is 16.0 Å². The van der Waals surface area contributed by atoms with Crippen LogP contribution in [0.25, 0.3) is 0 Å². The maximum atomic E-state index is 12.2. The van der Waals surface area contributed by atoms with Crippen molar-refractivity contribution in [1.82, 2.24) is 10.6 Å². The molecule has 30 heavy (non-hydrogen) atoms. The van der Waals surface area contributed by atoms with Crippen LogP contribution in [0.1, 0.15) is 64.4 Å². The van der Waals surface area contributed by atoms with E-state index >= 15 is 0 Å². The molecule has 3 rings (SSSR count). The molecule has 2 saturated carbocycles. The van der Waals surface area contributed by atoms with E-state index in [0.717, 1.165) is 74.5 Å². The SMILES string of the molecule is CCNC(=NCc1cccc(NC(=O)C2CCC2)c1)NC1CCCC(S(=O)CC)C1. The Balaban J connectivity index is 1.58. The van der Waals surface area contributed by atoms with Gasteiger partial charge in [0.25, 0.3) is 0 Å². The third-order valence-corrected chi connectivity index (χ3v) is 7.80. The second-order valence-corrected chi connectivity index (χ2v) is 10.3. The molecule has 1 aromatic carbocycles. The highest BCUT2D eigenvalue weighted by atomic mass is 32.2. The van der Waals surface area contributed by atoms with E-state index in [4.69, 9.17) is 4.99 Å². The van der Waals surface area contributed by atoms with Crippen molar-refractivity contribution >= 4 is 28.4 Å². The minimum Gasteiger partial charge on any atom is -0.357 e. The van der Waals surface area contributed by atoms with E-state index in [9.17, 15) is 9.00 Å². The van der Waals surface area contributed by atoms with Gasteiger partial charge in [0.1, 0.15) is 0 Å². The van der Waals surface area contributed by atoms with Crippen molar-refractivity contribution in [2.24, 2.45) is 10.9 Å². The molecule has 166 valence electrons. The van der Waals surface area contributed by atoms with Gasteiger partial charge in [0.2, 0.25) is 5.91 Å². The summed E-state index contributed by atoms with van der Waals surface area (Å²) < 4.78 is 12.2. The van der Waals surface area contributed by atoms with Gasteiger partial charge in [-0.2, -0.15) is 0 Å². The minimum atomic E-state index is -0.729. The first-order valence-corrected chi connectivity index (χ1v) is 12.8. The highest BCUT2D eigenvalue weighted by Crippen LogP contribution is 2.27. The summed E-state index contributed by atoms with van der Waals surface area (Å²) >= 11 is 0. The molecule has 0 bridgehead atoms. The van der Waals surface area contributed by atoms with Crippen molar-refractivity contribution in [3.8, 4) is 0 Å². The zero-order valence-corrected chi connectivity index (χ0v) is 19.1. The molecule has 1 aromatic rings. The monoisotopic (exact) mass is 432 g/mol. The van der Waals surface area contributed by atoms with E-state index in [1.54, 1.807) is 0 Å².